The molecule has 0 amide bonds. The summed E-state index contributed by atoms with van der Waals surface area (Å²) in [4.78, 5) is 10.5. The van der Waals surface area contributed by atoms with Crippen molar-refractivity contribution in [2.45, 2.75) is 18.1 Å². The number of carbonyl (C=O) groups is 1. The van der Waals surface area contributed by atoms with Gasteiger partial charge in [0.1, 0.15) is 5.75 Å². The first-order valence-electron chi connectivity index (χ1n) is 6.15. The van der Waals surface area contributed by atoms with Gasteiger partial charge in [-0.3, -0.25) is 0 Å². The van der Waals surface area contributed by atoms with Crippen molar-refractivity contribution in [1.29, 1.82) is 0 Å². The van der Waals surface area contributed by atoms with Gasteiger partial charge in [-0.15, -0.1) is 0 Å². The van der Waals surface area contributed by atoms with Crippen LogP contribution in [0.3, 0.4) is 0 Å². The van der Waals surface area contributed by atoms with Crippen molar-refractivity contribution >= 4 is 50.7 Å². The molecule has 14 heteroatoms. The predicted octanol–water partition coefficient (Wildman–Crippen LogP) is 4.23. The number of benzene rings is 1. The number of aliphatic carboxylic acids is 1. The summed E-state index contributed by atoms with van der Waals surface area (Å²) in [6.45, 7) is -0.664. The molecule has 0 aliphatic heterocycles. The zero-order valence-electron chi connectivity index (χ0n) is 12.1. The fourth-order valence-corrected chi connectivity index (χ4v) is 3.13. The predicted molar refractivity (Wildman–Crippen MR) is 86.7 cm³/mol. The number of hydrazone groups is 1. The Labute approximate surface area is 162 Å². The number of carboxylic acid groups (broad SMARTS) is 1. The van der Waals surface area contributed by atoms with E-state index < -0.39 is 30.7 Å². The van der Waals surface area contributed by atoms with Crippen LogP contribution in [0.5, 0.6) is 5.75 Å². The van der Waals surface area contributed by atoms with E-state index in [-0.39, 0.29) is 15.8 Å². The first-order valence-corrected chi connectivity index (χ1v) is 8.02. The van der Waals surface area contributed by atoms with E-state index in [2.05, 4.69) is 21.0 Å². The molecule has 0 spiro atoms. The quantitative estimate of drug-likeness (QED) is 0.170. The van der Waals surface area contributed by atoms with Gasteiger partial charge in [-0.05, 0) is 56.2 Å². The van der Waals surface area contributed by atoms with Crippen molar-refractivity contribution in [3.63, 3.8) is 0 Å². The summed E-state index contributed by atoms with van der Waals surface area (Å²) in [5.74, 6) is -7.48. The van der Waals surface area contributed by atoms with Gasteiger partial charge in [-0.25, -0.2) is 10.2 Å². The number of rotatable bonds is 7. The van der Waals surface area contributed by atoms with E-state index in [9.17, 15) is 35.5 Å². The molecular formula is C12H7BrF7IN2O3. The number of hydrogen-bond donors (Lipinski definition) is 2. The van der Waals surface area contributed by atoms with Crippen molar-refractivity contribution < 1.29 is 45.4 Å². The van der Waals surface area contributed by atoms with Crippen molar-refractivity contribution in [2.75, 3.05) is 6.61 Å². The summed E-state index contributed by atoms with van der Waals surface area (Å²) in [7, 11) is 0. The molecule has 0 unspecified atom stereocenters. The van der Waals surface area contributed by atoms with Gasteiger partial charge in [-0.2, -0.15) is 35.8 Å². The van der Waals surface area contributed by atoms with Crippen LogP contribution >= 0.6 is 38.5 Å². The standard InChI is InChI=1S/C12H7BrF7IN2O3/c13-6-1-5(2-7(21)9(6)26-4-8(24)25)3-22-23-12(19,20)10(14,15)11(16,17)18/h1-3,23H,4H2,(H,24,25)/b22-3+. The molecule has 0 saturated heterocycles. The Kier molecular flexibility index (Phi) is 7.11. The number of ether oxygens (including phenoxy) is 1. The van der Waals surface area contributed by atoms with Gasteiger partial charge in [0, 0.05) is 0 Å². The highest BCUT2D eigenvalue weighted by molar-refractivity contribution is 14.1. The maximum atomic E-state index is 13.0. The first kappa shape index (κ1) is 22.7. The van der Waals surface area contributed by atoms with E-state index in [1.54, 1.807) is 22.6 Å². The summed E-state index contributed by atoms with van der Waals surface area (Å²) in [5, 5.41) is 11.3. The van der Waals surface area contributed by atoms with E-state index in [1.807, 2.05) is 0 Å². The second-order valence-corrected chi connectivity index (χ2v) is 6.53. The van der Waals surface area contributed by atoms with E-state index >= 15 is 0 Å². The molecule has 146 valence electrons. The van der Waals surface area contributed by atoms with Gasteiger partial charge in [0.05, 0.1) is 14.3 Å². The van der Waals surface area contributed by atoms with Crippen LogP contribution in [0, 0.1) is 3.57 Å². The number of nitrogens with zero attached hydrogens (tertiary/aromatic N) is 1. The van der Waals surface area contributed by atoms with Gasteiger partial charge in [0.2, 0.25) is 0 Å². The van der Waals surface area contributed by atoms with E-state index in [0.717, 1.165) is 0 Å². The average Bonchev–Trinajstić information content (AvgIpc) is 2.44. The highest BCUT2D eigenvalue weighted by Crippen LogP contribution is 2.45. The lowest BCUT2D eigenvalue weighted by Gasteiger charge is -2.27. The van der Waals surface area contributed by atoms with Crippen LogP contribution in [0.25, 0.3) is 0 Å². The molecule has 0 aliphatic rings. The van der Waals surface area contributed by atoms with E-state index in [1.165, 1.54) is 12.1 Å². The lowest BCUT2D eigenvalue weighted by molar-refractivity contribution is -0.361. The Hall–Kier alpha value is -1.32. The van der Waals surface area contributed by atoms with Crippen molar-refractivity contribution in [3.8, 4) is 5.75 Å². The molecule has 1 aromatic rings. The molecule has 0 heterocycles. The number of hydrogen-bond acceptors (Lipinski definition) is 4. The van der Waals surface area contributed by atoms with Crippen molar-refractivity contribution in [1.82, 2.24) is 5.43 Å². The maximum absolute atomic E-state index is 13.0. The molecule has 5 nitrogen and oxygen atoms in total. The van der Waals surface area contributed by atoms with Crippen LogP contribution in [-0.2, 0) is 4.79 Å². The van der Waals surface area contributed by atoms with Crippen molar-refractivity contribution in [3.05, 3.63) is 25.7 Å². The molecule has 0 fully saturated rings. The molecule has 0 aromatic heterocycles. The number of carboxylic acids is 1. The molecule has 0 aliphatic carbocycles. The second-order valence-electron chi connectivity index (χ2n) is 4.51. The molecule has 0 radical (unpaired) electrons. The minimum Gasteiger partial charge on any atom is -0.480 e. The Morgan fingerprint density at radius 2 is 1.85 bits per heavy atom. The SMILES string of the molecule is O=C(O)COc1c(Br)cc(/C=N/NC(F)(F)C(F)(F)C(F)(F)F)cc1I. The Morgan fingerprint density at radius 1 is 1.27 bits per heavy atom. The molecule has 0 saturated carbocycles. The lowest BCUT2D eigenvalue weighted by atomic mass is 10.2. The van der Waals surface area contributed by atoms with Gasteiger partial charge in [-0.1, -0.05) is 0 Å². The van der Waals surface area contributed by atoms with Gasteiger partial charge in [0.25, 0.3) is 0 Å². The lowest BCUT2D eigenvalue weighted by Crippen LogP contribution is -2.58. The van der Waals surface area contributed by atoms with Crippen LogP contribution in [0.1, 0.15) is 5.56 Å². The average molecular weight is 567 g/mol. The van der Waals surface area contributed by atoms with Crippen LogP contribution in [-0.4, -0.2) is 42.0 Å². The maximum Gasteiger partial charge on any atom is 0.462 e. The summed E-state index contributed by atoms with van der Waals surface area (Å²) >= 11 is 4.72. The van der Waals surface area contributed by atoms with E-state index in [4.69, 9.17) is 9.84 Å². The molecule has 1 rings (SSSR count). The third-order valence-electron chi connectivity index (χ3n) is 2.53. The summed E-state index contributed by atoms with van der Waals surface area (Å²) in [5.41, 5.74) is 0.517. The molecule has 0 atom stereocenters. The second kappa shape index (κ2) is 8.14. The largest absolute Gasteiger partial charge is 0.480 e. The van der Waals surface area contributed by atoms with Gasteiger partial charge in [0.15, 0.2) is 6.61 Å². The molecule has 0 bridgehead atoms. The first-order chi connectivity index (χ1) is 11.7. The summed E-state index contributed by atoms with van der Waals surface area (Å²) < 4.78 is 92.8. The zero-order valence-corrected chi connectivity index (χ0v) is 15.8. The highest BCUT2D eigenvalue weighted by atomic mass is 127. The molecular weight excluding hydrogens is 560 g/mol. The van der Waals surface area contributed by atoms with Crippen LogP contribution in [0.15, 0.2) is 21.7 Å². The molecule has 2 N–H and O–H groups in total. The summed E-state index contributed by atoms with van der Waals surface area (Å²) in [6, 6.07) is -3.23. The Morgan fingerprint density at radius 3 is 2.31 bits per heavy atom. The Bertz CT molecular complexity index is 690. The minimum absolute atomic E-state index is 0.0302. The molecule has 26 heavy (non-hydrogen) atoms. The fourth-order valence-electron chi connectivity index (χ4n) is 1.36. The summed E-state index contributed by atoms with van der Waals surface area (Å²) in [6.07, 6.45) is -5.89. The number of nitrogens with one attached hydrogen (secondary N) is 1. The fraction of sp³-hybridized carbons (Fsp3) is 0.333. The van der Waals surface area contributed by atoms with Gasteiger partial charge < -0.3 is 9.84 Å². The van der Waals surface area contributed by atoms with Crippen LogP contribution < -0.4 is 10.2 Å². The monoisotopic (exact) mass is 566 g/mol. The van der Waals surface area contributed by atoms with Crippen LogP contribution in [0.2, 0.25) is 0 Å². The van der Waals surface area contributed by atoms with Crippen molar-refractivity contribution in [2.24, 2.45) is 5.10 Å². The minimum atomic E-state index is -6.47. The third-order valence-corrected chi connectivity index (χ3v) is 3.92. The normalized spacial score (nSPS) is 13.1. The highest BCUT2D eigenvalue weighted by Gasteiger charge is 2.73. The topological polar surface area (TPSA) is 70.9 Å². The zero-order chi connectivity index (χ0) is 20.3. The van der Waals surface area contributed by atoms with Crippen LogP contribution in [0.4, 0.5) is 30.7 Å². The van der Waals surface area contributed by atoms with Gasteiger partial charge >= 0.3 is 24.1 Å². The number of halogens is 9. The Balaban J connectivity index is 2.94. The number of alkyl halides is 7. The third kappa shape index (κ3) is 5.34. The smallest absolute Gasteiger partial charge is 0.462 e. The molecule has 1 aromatic carbocycles. The van der Waals surface area contributed by atoms with E-state index in [0.29, 0.717) is 15.2 Å².